The molecule has 1 aromatic heterocycles. The number of carbonyl (C=O) groups excluding carboxylic acids is 2. The maximum absolute atomic E-state index is 13.3. The summed E-state index contributed by atoms with van der Waals surface area (Å²) in [6, 6.07) is 13.9. The number of nitrogens with one attached hydrogen (secondary N) is 2. The number of rotatable bonds is 10. The fourth-order valence-electron chi connectivity index (χ4n) is 5.31. The number of likely N-dealkylation sites (N-methyl/N-ethyl adjacent to an activating group) is 1. The Morgan fingerprint density at radius 2 is 1.70 bits per heavy atom. The Morgan fingerprint density at radius 1 is 1.05 bits per heavy atom. The van der Waals surface area contributed by atoms with Crippen LogP contribution in [0.4, 0.5) is 5.82 Å². The molecule has 0 unspecified atom stereocenters. The maximum Gasteiger partial charge on any atom is 0.263 e. The summed E-state index contributed by atoms with van der Waals surface area (Å²) in [6.07, 6.45) is 3.74. The van der Waals surface area contributed by atoms with E-state index in [4.69, 9.17) is 4.52 Å². The van der Waals surface area contributed by atoms with Crippen LogP contribution in [0.15, 0.2) is 57.9 Å². The summed E-state index contributed by atoms with van der Waals surface area (Å²) in [5.41, 5.74) is 2.88. The summed E-state index contributed by atoms with van der Waals surface area (Å²) in [4.78, 5) is 27.7. The van der Waals surface area contributed by atoms with E-state index in [1.54, 1.807) is 38.1 Å². The number of benzene rings is 2. The van der Waals surface area contributed by atoms with Gasteiger partial charge in [-0.15, -0.1) is 0 Å². The number of sulfonamides is 1. The topological polar surface area (TPSA) is 122 Å². The van der Waals surface area contributed by atoms with Gasteiger partial charge in [0.15, 0.2) is 5.82 Å². The molecule has 10 heteroatoms. The molecule has 2 N–H and O–H groups in total. The number of hydrogen-bond donors (Lipinski definition) is 2. The fraction of sp³-hybridized carbons (Fsp3) is 0.433. The van der Waals surface area contributed by atoms with E-state index in [9.17, 15) is 18.0 Å². The summed E-state index contributed by atoms with van der Waals surface area (Å²) in [7, 11) is -2.06. The Kier molecular flexibility index (Phi) is 9.10. The monoisotopic (exact) mass is 566 g/mol. The molecule has 0 saturated heterocycles. The zero-order valence-electron chi connectivity index (χ0n) is 23.7. The number of amides is 2. The molecule has 9 nitrogen and oxygen atoms in total. The largest absolute Gasteiger partial charge is 0.359 e. The van der Waals surface area contributed by atoms with Crippen LogP contribution in [0.1, 0.15) is 56.4 Å². The molecule has 2 aromatic carbocycles. The Hall–Kier alpha value is -3.50. The van der Waals surface area contributed by atoms with Gasteiger partial charge in [0.05, 0.1) is 10.9 Å². The minimum atomic E-state index is -3.93. The Labute approximate surface area is 236 Å². The van der Waals surface area contributed by atoms with Gasteiger partial charge in [0.25, 0.3) is 10.0 Å². The second-order valence-electron chi connectivity index (χ2n) is 10.9. The van der Waals surface area contributed by atoms with E-state index in [0.29, 0.717) is 23.4 Å². The molecule has 40 heavy (non-hydrogen) atoms. The highest BCUT2D eigenvalue weighted by molar-refractivity contribution is 7.92. The normalized spacial score (nSPS) is 15.0. The zero-order chi connectivity index (χ0) is 29.0. The first-order valence-electron chi connectivity index (χ1n) is 13.7. The van der Waals surface area contributed by atoms with Crippen molar-refractivity contribution in [1.29, 1.82) is 0 Å². The second kappa shape index (κ2) is 12.3. The molecule has 1 aliphatic rings. The first-order valence-corrected chi connectivity index (χ1v) is 15.1. The summed E-state index contributed by atoms with van der Waals surface area (Å²) in [5.74, 6) is 0.213. The van der Waals surface area contributed by atoms with Gasteiger partial charge in [-0.3, -0.25) is 24.5 Å². The number of aromatic nitrogens is 1. The van der Waals surface area contributed by atoms with Crippen LogP contribution < -0.4 is 10.0 Å². The lowest BCUT2D eigenvalue weighted by molar-refractivity contribution is -0.136. The molecular weight excluding hydrogens is 528 g/mol. The summed E-state index contributed by atoms with van der Waals surface area (Å²) < 4.78 is 34.2. The number of hydrogen-bond acceptors (Lipinski definition) is 7. The van der Waals surface area contributed by atoms with Crippen molar-refractivity contribution in [2.45, 2.75) is 70.9 Å². The van der Waals surface area contributed by atoms with E-state index < -0.39 is 16.1 Å². The molecule has 214 valence electrons. The molecule has 1 saturated carbocycles. The third kappa shape index (κ3) is 6.62. The Balaban J connectivity index is 1.48. The number of nitrogens with zero attached hydrogens (tertiary/aromatic N) is 2. The van der Waals surface area contributed by atoms with Gasteiger partial charge in [0.2, 0.25) is 11.8 Å². The van der Waals surface area contributed by atoms with Crippen molar-refractivity contribution < 1.29 is 22.5 Å². The smallest absolute Gasteiger partial charge is 0.263 e. The van der Waals surface area contributed by atoms with Gasteiger partial charge >= 0.3 is 0 Å². The lowest BCUT2D eigenvalue weighted by Crippen LogP contribution is -2.50. The summed E-state index contributed by atoms with van der Waals surface area (Å²) in [6.45, 7) is 7.89. The van der Waals surface area contributed by atoms with Crippen molar-refractivity contribution >= 4 is 27.7 Å². The van der Waals surface area contributed by atoms with Crippen LogP contribution in [-0.2, 0) is 26.2 Å². The highest BCUT2D eigenvalue weighted by Gasteiger charge is 2.31. The number of carbonyl (C=O) groups is 2. The predicted octanol–water partition coefficient (Wildman–Crippen LogP) is 5.05. The van der Waals surface area contributed by atoms with Gasteiger partial charge in [-0.1, -0.05) is 74.3 Å². The van der Waals surface area contributed by atoms with Crippen LogP contribution in [0.3, 0.4) is 0 Å². The van der Waals surface area contributed by atoms with E-state index in [1.165, 1.54) is 0 Å². The minimum Gasteiger partial charge on any atom is -0.359 e. The number of imide groups is 1. The molecule has 0 bridgehead atoms. The average molecular weight is 567 g/mol. The van der Waals surface area contributed by atoms with Gasteiger partial charge in [-0.25, -0.2) is 8.42 Å². The maximum atomic E-state index is 13.3. The third-order valence-corrected chi connectivity index (χ3v) is 9.01. The van der Waals surface area contributed by atoms with Crippen molar-refractivity contribution in [2.75, 3.05) is 11.8 Å². The van der Waals surface area contributed by atoms with Crippen LogP contribution in [0, 0.1) is 25.7 Å². The highest BCUT2D eigenvalue weighted by atomic mass is 32.2. The molecule has 4 rings (SSSR count). The SMILES string of the molecule is Cc1onc(NS(=O)(=O)c2ccccc2-c2ccc(CN(C)[C@H](C(=O)NC(=O)C3CCCC3)C(C)C)cc2)c1C. The van der Waals surface area contributed by atoms with E-state index >= 15 is 0 Å². The molecule has 0 spiro atoms. The van der Waals surface area contributed by atoms with Crippen molar-refractivity contribution in [3.05, 3.63) is 65.4 Å². The second-order valence-corrected chi connectivity index (χ2v) is 12.6. The van der Waals surface area contributed by atoms with Crippen LogP contribution >= 0.6 is 0 Å². The van der Waals surface area contributed by atoms with Crippen LogP contribution in [0.5, 0.6) is 0 Å². The number of aryl methyl sites for hydroxylation is 1. The standard InChI is InChI=1S/C30H38N4O5S/c1-19(2)27(30(36)31-29(35)24-10-6-7-11-24)34(5)18-22-14-16-23(17-15-22)25-12-8-9-13-26(25)40(37,38)33-28-20(3)21(4)39-32-28/h8-9,12-17,19,24,27H,6-7,10-11,18H2,1-5H3,(H,32,33)(H,31,35,36)/t27-/m0/s1. The van der Waals surface area contributed by atoms with E-state index in [1.807, 2.05) is 50.1 Å². The molecule has 3 aromatic rings. The summed E-state index contributed by atoms with van der Waals surface area (Å²) in [5, 5.41) is 6.48. The van der Waals surface area contributed by atoms with Crippen molar-refractivity contribution in [1.82, 2.24) is 15.4 Å². The van der Waals surface area contributed by atoms with Crippen LogP contribution in [-0.4, -0.2) is 43.4 Å². The van der Waals surface area contributed by atoms with E-state index in [0.717, 1.165) is 36.8 Å². The van der Waals surface area contributed by atoms with Gasteiger partial charge in [0, 0.05) is 23.6 Å². The quantitative estimate of drug-likeness (QED) is 0.352. The van der Waals surface area contributed by atoms with E-state index in [-0.39, 0.29) is 34.4 Å². The molecule has 1 heterocycles. The van der Waals surface area contributed by atoms with Gasteiger partial charge < -0.3 is 4.52 Å². The molecule has 1 fully saturated rings. The highest BCUT2D eigenvalue weighted by Crippen LogP contribution is 2.30. The molecule has 0 aliphatic heterocycles. The molecular formula is C30H38N4O5S. The van der Waals surface area contributed by atoms with Crippen LogP contribution in [0.2, 0.25) is 0 Å². The molecule has 1 atom stereocenters. The van der Waals surface area contributed by atoms with Crippen molar-refractivity contribution in [3.8, 4) is 11.1 Å². The first kappa shape index (κ1) is 29.5. The summed E-state index contributed by atoms with van der Waals surface area (Å²) >= 11 is 0. The third-order valence-electron chi connectivity index (χ3n) is 7.61. The van der Waals surface area contributed by atoms with Gasteiger partial charge in [0.1, 0.15) is 5.76 Å². The predicted molar refractivity (Wildman–Crippen MR) is 154 cm³/mol. The van der Waals surface area contributed by atoms with Gasteiger partial charge in [-0.2, -0.15) is 0 Å². The first-order chi connectivity index (χ1) is 19.0. The fourth-order valence-corrected chi connectivity index (χ4v) is 6.60. The van der Waals surface area contributed by atoms with Crippen molar-refractivity contribution in [3.63, 3.8) is 0 Å². The average Bonchev–Trinajstić information content (AvgIpc) is 3.55. The molecule has 2 amide bonds. The van der Waals surface area contributed by atoms with E-state index in [2.05, 4.69) is 15.2 Å². The molecule has 1 aliphatic carbocycles. The lowest BCUT2D eigenvalue weighted by atomic mass is 9.99. The molecule has 0 radical (unpaired) electrons. The zero-order valence-corrected chi connectivity index (χ0v) is 24.5. The van der Waals surface area contributed by atoms with Crippen molar-refractivity contribution in [2.24, 2.45) is 11.8 Å². The van der Waals surface area contributed by atoms with Gasteiger partial charge in [-0.05, 0) is 56.8 Å². The van der Waals surface area contributed by atoms with Crippen LogP contribution in [0.25, 0.3) is 11.1 Å². The Morgan fingerprint density at radius 3 is 2.30 bits per heavy atom. The number of anilines is 1. The minimum absolute atomic E-state index is 0.00220. The Bertz CT molecular complexity index is 1460. The lowest BCUT2D eigenvalue weighted by Gasteiger charge is -2.30.